The van der Waals surface area contributed by atoms with Crippen LogP contribution in [0.25, 0.3) is 0 Å². The van der Waals surface area contributed by atoms with Gasteiger partial charge in [-0.2, -0.15) is 0 Å². The third kappa shape index (κ3) is 4.81. The molecule has 0 saturated carbocycles. The van der Waals surface area contributed by atoms with Gasteiger partial charge in [-0.15, -0.1) is 0 Å². The normalized spacial score (nSPS) is 19.6. The molecule has 1 fully saturated rings. The second-order valence-corrected chi connectivity index (χ2v) is 5.40. The van der Waals surface area contributed by atoms with Gasteiger partial charge in [0.15, 0.2) is 0 Å². The van der Waals surface area contributed by atoms with Crippen LogP contribution in [0.4, 0.5) is 0 Å². The van der Waals surface area contributed by atoms with Crippen molar-refractivity contribution in [3.63, 3.8) is 0 Å². The summed E-state index contributed by atoms with van der Waals surface area (Å²) in [5.41, 5.74) is 1.55. The molecule has 0 aromatic heterocycles. The summed E-state index contributed by atoms with van der Waals surface area (Å²) in [5, 5.41) is 17.6. The highest BCUT2D eigenvalue weighted by atomic mass is 16.5. The fourth-order valence-electron chi connectivity index (χ4n) is 2.79. The second kappa shape index (κ2) is 8.12. The van der Waals surface area contributed by atoms with Crippen molar-refractivity contribution in [1.29, 1.82) is 0 Å². The monoisotopic (exact) mass is 293 g/mol. The Labute approximate surface area is 125 Å². The Morgan fingerprint density at radius 3 is 2.71 bits per heavy atom. The quantitative estimate of drug-likeness (QED) is 0.747. The first-order valence-corrected chi connectivity index (χ1v) is 7.45. The molecule has 1 aromatic carbocycles. The second-order valence-electron chi connectivity index (χ2n) is 5.40. The van der Waals surface area contributed by atoms with Crippen molar-refractivity contribution in [2.45, 2.75) is 18.8 Å². The minimum absolute atomic E-state index is 0.0680. The lowest BCUT2D eigenvalue weighted by molar-refractivity contribution is 0.0672. The summed E-state index contributed by atoms with van der Waals surface area (Å²) in [6, 6.07) is 7.22. The van der Waals surface area contributed by atoms with Crippen LogP contribution in [0.3, 0.4) is 0 Å². The Balaban J connectivity index is 1.86. The molecule has 2 N–H and O–H groups in total. The third-order valence-corrected chi connectivity index (χ3v) is 3.92. The van der Waals surface area contributed by atoms with Gasteiger partial charge >= 0.3 is 5.97 Å². The van der Waals surface area contributed by atoms with Crippen LogP contribution in [0.1, 0.15) is 34.7 Å². The summed E-state index contributed by atoms with van der Waals surface area (Å²) < 4.78 is 5.31. The maximum atomic E-state index is 10.9. The minimum atomic E-state index is -0.882. The maximum Gasteiger partial charge on any atom is 0.335 e. The van der Waals surface area contributed by atoms with E-state index in [1.54, 1.807) is 12.1 Å². The maximum absolute atomic E-state index is 10.9. The van der Waals surface area contributed by atoms with E-state index in [1.165, 1.54) is 5.56 Å². The standard InChI is InChI=1S/C16H23NO4/c18-9-11-21-10-8-17-7-1-2-15(12-17)13-3-5-14(6-4-13)16(19)20/h3-6,15,18H,1-2,7-12H2,(H,19,20)/t15-/m0/s1. The zero-order chi connectivity index (χ0) is 15.1. The molecule has 0 amide bonds. The molecule has 0 unspecified atom stereocenters. The molecule has 116 valence electrons. The Morgan fingerprint density at radius 1 is 1.29 bits per heavy atom. The van der Waals surface area contributed by atoms with Crippen LogP contribution >= 0.6 is 0 Å². The van der Waals surface area contributed by atoms with Gasteiger partial charge in [-0.3, -0.25) is 0 Å². The molecule has 0 aliphatic carbocycles. The topological polar surface area (TPSA) is 70.0 Å². The fourth-order valence-corrected chi connectivity index (χ4v) is 2.79. The lowest BCUT2D eigenvalue weighted by atomic mass is 9.90. The van der Waals surface area contributed by atoms with Crippen molar-refractivity contribution >= 4 is 5.97 Å². The van der Waals surface area contributed by atoms with E-state index in [9.17, 15) is 4.79 Å². The molecule has 21 heavy (non-hydrogen) atoms. The molecule has 5 heteroatoms. The van der Waals surface area contributed by atoms with Crippen LogP contribution in [0.15, 0.2) is 24.3 Å². The van der Waals surface area contributed by atoms with Crippen LogP contribution in [-0.4, -0.2) is 60.5 Å². The van der Waals surface area contributed by atoms with Gasteiger partial charge in [0.05, 0.1) is 25.4 Å². The van der Waals surface area contributed by atoms with Crippen LogP contribution in [0.2, 0.25) is 0 Å². The summed E-state index contributed by atoms with van der Waals surface area (Å²) in [6.45, 7) is 4.04. The highest BCUT2D eigenvalue weighted by Gasteiger charge is 2.21. The van der Waals surface area contributed by atoms with Gasteiger partial charge in [-0.1, -0.05) is 12.1 Å². The number of piperidine rings is 1. The molecule has 5 nitrogen and oxygen atoms in total. The van der Waals surface area contributed by atoms with Gasteiger partial charge in [-0.05, 0) is 43.0 Å². The van der Waals surface area contributed by atoms with E-state index in [-0.39, 0.29) is 6.61 Å². The van der Waals surface area contributed by atoms with Gasteiger partial charge in [0.2, 0.25) is 0 Å². The van der Waals surface area contributed by atoms with E-state index >= 15 is 0 Å². The van der Waals surface area contributed by atoms with Gasteiger partial charge < -0.3 is 19.8 Å². The zero-order valence-electron chi connectivity index (χ0n) is 12.2. The summed E-state index contributed by atoms with van der Waals surface area (Å²) in [4.78, 5) is 13.2. The highest BCUT2D eigenvalue weighted by molar-refractivity contribution is 5.87. The van der Waals surface area contributed by atoms with Crippen LogP contribution in [-0.2, 0) is 4.74 Å². The van der Waals surface area contributed by atoms with Crippen LogP contribution in [0.5, 0.6) is 0 Å². The molecular weight excluding hydrogens is 270 g/mol. The van der Waals surface area contributed by atoms with Gasteiger partial charge in [0.25, 0.3) is 0 Å². The smallest absolute Gasteiger partial charge is 0.335 e. The third-order valence-electron chi connectivity index (χ3n) is 3.92. The number of nitrogens with zero attached hydrogens (tertiary/aromatic N) is 1. The van der Waals surface area contributed by atoms with E-state index in [1.807, 2.05) is 12.1 Å². The summed E-state index contributed by atoms with van der Waals surface area (Å²) in [5.74, 6) is -0.424. The first-order valence-electron chi connectivity index (χ1n) is 7.45. The Morgan fingerprint density at radius 2 is 2.05 bits per heavy atom. The van der Waals surface area contributed by atoms with E-state index < -0.39 is 5.97 Å². The number of ether oxygens (including phenoxy) is 1. The molecule has 0 spiro atoms. The molecule has 1 aliphatic rings. The molecule has 1 aromatic rings. The number of hydrogen-bond donors (Lipinski definition) is 2. The fraction of sp³-hybridized carbons (Fsp3) is 0.562. The van der Waals surface area contributed by atoms with Crippen molar-refractivity contribution in [2.24, 2.45) is 0 Å². The average Bonchev–Trinajstić information content (AvgIpc) is 2.52. The number of carbonyl (C=O) groups is 1. The van der Waals surface area contributed by atoms with E-state index in [0.717, 1.165) is 32.5 Å². The minimum Gasteiger partial charge on any atom is -0.478 e. The number of likely N-dealkylation sites (tertiary alicyclic amines) is 1. The van der Waals surface area contributed by atoms with Gasteiger partial charge in [0.1, 0.15) is 0 Å². The van der Waals surface area contributed by atoms with Crippen molar-refractivity contribution in [3.8, 4) is 0 Å². The molecular formula is C16H23NO4. The number of hydrogen-bond acceptors (Lipinski definition) is 4. The predicted octanol–water partition coefficient (Wildman–Crippen LogP) is 1.57. The van der Waals surface area contributed by atoms with Crippen molar-refractivity contribution in [1.82, 2.24) is 4.90 Å². The highest BCUT2D eigenvalue weighted by Crippen LogP contribution is 2.26. The van der Waals surface area contributed by atoms with Gasteiger partial charge in [0, 0.05) is 13.1 Å². The zero-order valence-corrected chi connectivity index (χ0v) is 12.2. The number of aromatic carboxylic acids is 1. The summed E-state index contributed by atoms with van der Waals surface area (Å²) >= 11 is 0. The predicted molar refractivity (Wildman–Crippen MR) is 79.7 cm³/mol. The number of aliphatic hydroxyl groups excluding tert-OH is 1. The molecule has 1 heterocycles. The molecule has 0 bridgehead atoms. The largest absolute Gasteiger partial charge is 0.478 e. The van der Waals surface area contributed by atoms with Crippen molar-refractivity contribution in [3.05, 3.63) is 35.4 Å². The summed E-state index contributed by atoms with van der Waals surface area (Å²) in [7, 11) is 0. The summed E-state index contributed by atoms with van der Waals surface area (Å²) in [6.07, 6.45) is 2.28. The van der Waals surface area contributed by atoms with Crippen molar-refractivity contribution < 1.29 is 19.7 Å². The molecule has 2 rings (SSSR count). The van der Waals surface area contributed by atoms with Crippen LogP contribution < -0.4 is 0 Å². The molecule has 1 aliphatic heterocycles. The average molecular weight is 293 g/mol. The molecule has 0 radical (unpaired) electrons. The van der Waals surface area contributed by atoms with E-state index in [2.05, 4.69) is 4.90 Å². The lowest BCUT2D eigenvalue weighted by Gasteiger charge is -2.32. The lowest BCUT2D eigenvalue weighted by Crippen LogP contribution is -2.36. The SMILES string of the molecule is O=C(O)c1ccc([C@H]2CCCN(CCOCCO)C2)cc1. The van der Waals surface area contributed by atoms with Crippen molar-refractivity contribution in [2.75, 3.05) is 39.5 Å². The molecule has 1 saturated heterocycles. The first kappa shape index (κ1) is 15.9. The Hall–Kier alpha value is -1.43. The number of benzene rings is 1. The number of carboxylic acid groups (broad SMARTS) is 1. The van der Waals surface area contributed by atoms with Gasteiger partial charge in [-0.25, -0.2) is 4.79 Å². The Bertz CT molecular complexity index is 446. The molecule has 1 atom stereocenters. The van der Waals surface area contributed by atoms with E-state index in [0.29, 0.717) is 24.7 Å². The Kier molecular flexibility index (Phi) is 6.17. The van der Waals surface area contributed by atoms with Crippen LogP contribution in [0, 0.1) is 0 Å². The number of aliphatic hydroxyl groups is 1. The number of rotatable bonds is 7. The first-order chi connectivity index (χ1) is 10.2. The van der Waals surface area contributed by atoms with E-state index in [4.69, 9.17) is 14.9 Å². The number of carboxylic acids is 1.